The van der Waals surface area contributed by atoms with Crippen LogP contribution < -0.4 is 45.5 Å². The summed E-state index contributed by atoms with van der Waals surface area (Å²) >= 11 is 0. The fraction of sp³-hybridized carbons (Fsp3) is 0.571. The number of hydrogen-bond donors (Lipinski definition) is 4. The van der Waals surface area contributed by atoms with Crippen molar-refractivity contribution in [1.29, 1.82) is 0 Å². The molecule has 4 N–H and O–H groups in total. The summed E-state index contributed by atoms with van der Waals surface area (Å²) in [5.41, 5.74) is -1.70. The van der Waals surface area contributed by atoms with E-state index in [-0.39, 0.29) is 60.8 Å². The van der Waals surface area contributed by atoms with Crippen molar-refractivity contribution < 1.29 is 66.8 Å². The SMILES string of the molecule is CC(C)CC(NC(=O)OCc1ccccc1)C(=O)N[C@H](CC1CCNC1=O)C(O)S(=O)(=O)[O-].[Na+]. The molecule has 13 heteroatoms. The van der Waals surface area contributed by atoms with Crippen molar-refractivity contribution in [3.8, 4) is 0 Å². The summed E-state index contributed by atoms with van der Waals surface area (Å²) < 4.78 is 39.4. The van der Waals surface area contributed by atoms with E-state index in [0.717, 1.165) is 5.56 Å². The van der Waals surface area contributed by atoms with Crippen LogP contribution in [0.2, 0.25) is 0 Å². The minimum atomic E-state index is -5.17. The first-order valence-electron chi connectivity index (χ1n) is 10.7. The van der Waals surface area contributed by atoms with Crippen LogP contribution >= 0.6 is 0 Å². The van der Waals surface area contributed by atoms with Crippen LogP contribution in [0.1, 0.15) is 38.7 Å². The maximum atomic E-state index is 12.9. The van der Waals surface area contributed by atoms with Gasteiger partial charge in [-0.2, -0.15) is 0 Å². The number of alkyl carbamates (subject to hydrolysis) is 1. The maximum absolute atomic E-state index is 12.9. The summed E-state index contributed by atoms with van der Waals surface area (Å²) in [5.74, 6) is -1.86. The first-order chi connectivity index (χ1) is 15.5. The largest absolute Gasteiger partial charge is 1.00 e. The number of aliphatic hydroxyl groups excluding tert-OH is 1. The molecule has 3 unspecified atom stereocenters. The third-order valence-electron chi connectivity index (χ3n) is 5.20. The molecule has 1 fully saturated rings. The van der Waals surface area contributed by atoms with Crippen LogP contribution in [0.4, 0.5) is 4.79 Å². The molecule has 4 atom stereocenters. The molecule has 0 radical (unpaired) electrons. The molecule has 34 heavy (non-hydrogen) atoms. The van der Waals surface area contributed by atoms with Crippen molar-refractivity contribution in [2.45, 2.75) is 57.2 Å². The molecule has 0 saturated carbocycles. The number of nitrogens with one attached hydrogen (secondary N) is 3. The van der Waals surface area contributed by atoms with E-state index < -0.39 is 45.6 Å². The number of carbonyl (C=O) groups excluding carboxylic acids is 3. The first-order valence-corrected chi connectivity index (χ1v) is 12.1. The van der Waals surface area contributed by atoms with Crippen LogP contribution in [0.5, 0.6) is 0 Å². The molecule has 1 aromatic carbocycles. The second-order valence-electron chi connectivity index (χ2n) is 8.40. The van der Waals surface area contributed by atoms with Gasteiger partial charge in [0, 0.05) is 12.5 Å². The van der Waals surface area contributed by atoms with E-state index in [2.05, 4.69) is 16.0 Å². The molecular weight excluding hydrogens is 477 g/mol. The molecule has 1 heterocycles. The summed E-state index contributed by atoms with van der Waals surface area (Å²) in [5, 5.41) is 17.4. The number of rotatable bonds is 11. The van der Waals surface area contributed by atoms with E-state index in [1.807, 2.05) is 19.9 Å². The smallest absolute Gasteiger partial charge is 0.746 e. The molecule has 0 aliphatic carbocycles. The fourth-order valence-electron chi connectivity index (χ4n) is 3.52. The van der Waals surface area contributed by atoms with E-state index in [1.54, 1.807) is 24.3 Å². The van der Waals surface area contributed by atoms with Gasteiger partial charge in [0.25, 0.3) is 0 Å². The summed E-state index contributed by atoms with van der Waals surface area (Å²) in [7, 11) is -5.17. The van der Waals surface area contributed by atoms with Crippen LogP contribution in [-0.2, 0) is 31.1 Å². The number of aliphatic hydroxyl groups is 1. The zero-order chi connectivity index (χ0) is 24.6. The molecule has 2 rings (SSSR count). The van der Waals surface area contributed by atoms with E-state index in [1.165, 1.54) is 0 Å². The molecule has 184 valence electrons. The zero-order valence-corrected chi connectivity index (χ0v) is 22.3. The predicted octanol–water partition coefficient (Wildman–Crippen LogP) is -2.79. The van der Waals surface area contributed by atoms with Crippen LogP contribution in [0.15, 0.2) is 30.3 Å². The first kappa shape index (κ1) is 30.3. The Morgan fingerprint density at radius 1 is 1.24 bits per heavy atom. The molecule has 0 spiro atoms. The standard InChI is InChI=1S/C21H31N3O8S.Na/c1-13(2)10-16(24-21(28)32-12-14-6-4-3-5-7-14)19(26)23-17(20(27)33(29,30)31)11-15-8-9-22-18(15)25;/h3-7,13,15-17,20,27H,8-12H2,1-2H3,(H,22,25)(H,23,26)(H,24,28)(H,29,30,31);/q;+1/p-1/t15?,16?,17-,20?;/m1./s1. The Morgan fingerprint density at radius 2 is 1.88 bits per heavy atom. The van der Waals surface area contributed by atoms with Crippen LogP contribution in [0.25, 0.3) is 0 Å². The van der Waals surface area contributed by atoms with Gasteiger partial charge in [0.1, 0.15) is 22.8 Å². The predicted molar refractivity (Wildman–Crippen MR) is 116 cm³/mol. The van der Waals surface area contributed by atoms with Crippen molar-refractivity contribution in [2.75, 3.05) is 6.54 Å². The molecule has 11 nitrogen and oxygen atoms in total. The van der Waals surface area contributed by atoms with Crippen molar-refractivity contribution in [3.63, 3.8) is 0 Å². The molecule has 1 aromatic rings. The van der Waals surface area contributed by atoms with Crippen molar-refractivity contribution in [1.82, 2.24) is 16.0 Å². The number of ether oxygens (including phenoxy) is 1. The Balaban J connectivity index is 0.00000578. The molecule has 1 aliphatic heterocycles. The van der Waals surface area contributed by atoms with Gasteiger partial charge >= 0.3 is 35.7 Å². The van der Waals surface area contributed by atoms with E-state index in [0.29, 0.717) is 13.0 Å². The van der Waals surface area contributed by atoms with Crippen LogP contribution in [0.3, 0.4) is 0 Å². The molecule has 0 aromatic heterocycles. The summed E-state index contributed by atoms with van der Waals surface area (Å²) in [6.45, 7) is 3.98. The van der Waals surface area contributed by atoms with Gasteiger partial charge in [-0.3, -0.25) is 9.59 Å². The summed E-state index contributed by atoms with van der Waals surface area (Å²) in [6, 6.07) is 6.27. The Bertz CT molecular complexity index is 929. The number of amides is 3. The van der Waals surface area contributed by atoms with Crippen molar-refractivity contribution >= 4 is 28.0 Å². The molecule has 0 bridgehead atoms. The number of hydrogen-bond acceptors (Lipinski definition) is 8. The van der Waals surface area contributed by atoms with E-state index >= 15 is 0 Å². The van der Waals surface area contributed by atoms with Gasteiger partial charge < -0.3 is 30.3 Å². The van der Waals surface area contributed by atoms with Gasteiger partial charge in [-0.1, -0.05) is 44.2 Å². The Kier molecular flexibility index (Phi) is 12.5. The average molecular weight is 508 g/mol. The fourth-order valence-corrected chi connectivity index (χ4v) is 4.10. The zero-order valence-electron chi connectivity index (χ0n) is 19.5. The van der Waals surface area contributed by atoms with Gasteiger partial charge in [0.05, 0.1) is 6.04 Å². The summed E-state index contributed by atoms with van der Waals surface area (Å²) in [4.78, 5) is 37.0. The minimum Gasteiger partial charge on any atom is -0.746 e. The second-order valence-corrected chi connectivity index (χ2v) is 9.87. The van der Waals surface area contributed by atoms with Crippen molar-refractivity contribution in [2.24, 2.45) is 11.8 Å². The maximum Gasteiger partial charge on any atom is 1.00 e. The molecule has 1 aliphatic rings. The summed E-state index contributed by atoms with van der Waals surface area (Å²) in [6.07, 6.45) is -0.546. The average Bonchev–Trinajstić information content (AvgIpc) is 3.14. The van der Waals surface area contributed by atoms with E-state index in [9.17, 15) is 32.5 Å². The topological polar surface area (TPSA) is 174 Å². The van der Waals surface area contributed by atoms with Crippen molar-refractivity contribution in [3.05, 3.63) is 35.9 Å². The monoisotopic (exact) mass is 507 g/mol. The third kappa shape index (κ3) is 9.88. The van der Waals surface area contributed by atoms with Gasteiger partial charge in [0.15, 0.2) is 5.44 Å². The Labute approximate surface area is 221 Å². The van der Waals surface area contributed by atoms with Crippen LogP contribution in [0, 0.1) is 11.8 Å². The van der Waals surface area contributed by atoms with Gasteiger partial charge in [-0.25, -0.2) is 13.2 Å². The van der Waals surface area contributed by atoms with Gasteiger partial charge in [-0.15, -0.1) is 0 Å². The Hall–Kier alpha value is -1.70. The van der Waals surface area contributed by atoms with Gasteiger partial charge in [0.2, 0.25) is 11.8 Å². The molecular formula is C21H30N3NaO8S. The van der Waals surface area contributed by atoms with Gasteiger partial charge in [-0.05, 0) is 30.7 Å². The van der Waals surface area contributed by atoms with Crippen LogP contribution in [-0.4, -0.2) is 60.0 Å². The second kappa shape index (κ2) is 14.0. The molecule has 1 saturated heterocycles. The molecule has 3 amide bonds. The number of benzene rings is 1. The minimum absolute atomic E-state index is 0. The quantitative estimate of drug-likeness (QED) is 0.184. The Morgan fingerprint density at radius 3 is 2.41 bits per heavy atom. The third-order valence-corrected chi connectivity index (χ3v) is 6.12. The normalized spacial score (nSPS) is 18.3. The van der Waals surface area contributed by atoms with E-state index in [4.69, 9.17) is 4.74 Å². The number of carbonyl (C=O) groups is 3.